The molecule has 31 heavy (non-hydrogen) atoms. The van der Waals surface area contributed by atoms with Crippen molar-refractivity contribution in [1.82, 2.24) is 0 Å². The van der Waals surface area contributed by atoms with E-state index in [9.17, 15) is 19.8 Å². The smallest absolute Gasteiger partial charge is 0.328 e. The van der Waals surface area contributed by atoms with Gasteiger partial charge in [-0.15, -0.1) is 0 Å². The minimum atomic E-state index is -0.875. The Hall–Kier alpha value is -3.88. The molecule has 0 aliphatic carbocycles. The van der Waals surface area contributed by atoms with Gasteiger partial charge >= 0.3 is 5.97 Å². The monoisotopic (exact) mass is 434 g/mol. The van der Waals surface area contributed by atoms with Gasteiger partial charge in [0.05, 0.1) is 6.42 Å². The maximum Gasteiger partial charge on any atom is 0.328 e. The molecule has 1 heterocycles. The lowest BCUT2D eigenvalue weighted by Gasteiger charge is -2.31. The Kier molecular flexibility index (Phi) is 8.31. The Balaban J connectivity index is 0.000000257. The first kappa shape index (κ1) is 25.2. The lowest BCUT2D eigenvalue weighted by atomic mass is 9.92. The number of fused-ring (bicyclic) bond motifs is 1. The second-order valence-electron chi connectivity index (χ2n) is 7.57. The maximum absolute atomic E-state index is 11.7. The minimum Gasteiger partial charge on any atom is -0.508 e. The zero-order chi connectivity index (χ0) is 23.9. The molecule has 0 atom stereocenters. The van der Waals surface area contributed by atoms with Crippen LogP contribution in [-0.4, -0.2) is 48.0 Å². The van der Waals surface area contributed by atoms with Crippen LogP contribution in [-0.2, 0) is 4.79 Å². The van der Waals surface area contributed by atoms with Crippen molar-refractivity contribution in [3.63, 3.8) is 0 Å². The number of phenolic OH excluding ortho intramolecular Hbond substituents is 5. The van der Waals surface area contributed by atoms with Crippen molar-refractivity contribution < 1.29 is 45.0 Å². The van der Waals surface area contributed by atoms with Crippen LogP contribution in [0.1, 0.15) is 44.5 Å². The van der Waals surface area contributed by atoms with Crippen molar-refractivity contribution >= 4 is 11.8 Å². The highest BCUT2D eigenvalue weighted by Gasteiger charge is 2.34. The van der Waals surface area contributed by atoms with Gasteiger partial charge in [0, 0.05) is 36.4 Å². The number of hydrogen-bond donors (Lipinski definition) is 6. The summed E-state index contributed by atoms with van der Waals surface area (Å²) in [6.45, 7) is 7.06. The molecule has 0 saturated heterocycles. The molecular weight excluding hydrogens is 408 g/mol. The summed E-state index contributed by atoms with van der Waals surface area (Å²) in [7, 11) is 0. The maximum atomic E-state index is 11.7. The molecule has 168 valence electrons. The summed E-state index contributed by atoms with van der Waals surface area (Å²) in [5, 5.41) is 52.8. The molecule has 0 unspecified atom stereocenters. The van der Waals surface area contributed by atoms with E-state index in [1.165, 1.54) is 12.1 Å². The lowest BCUT2D eigenvalue weighted by molar-refractivity contribution is -0.131. The normalized spacial score (nSPS) is 13.2. The summed E-state index contributed by atoms with van der Waals surface area (Å²) in [6.07, 6.45) is 1.39. The fourth-order valence-corrected chi connectivity index (χ4v) is 2.58. The number of Topliss-reactive ketones (excluding diaryl/α,β-unsaturated/α-hetero) is 1. The highest BCUT2D eigenvalue weighted by Crippen LogP contribution is 2.40. The number of hydrogen-bond acceptors (Lipinski definition) is 8. The number of carbonyl (C=O) groups is 2. The van der Waals surface area contributed by atoms with Gasteiger partial charge in [0.1, 0.15) is 45.7 Å². The highest BCUT2D eigenvalue weighted by atomic mass is 16.5. The number of ether oxygens (including phenoxy) is 1. The standard InChI is InChI=1S/C11H12O4.C6H6O3.C5H8O2/c1-11(2)5-8(14)10-7(13)3-6(12)4-9(10)15-11;7-4-1-5(8)3-6(9)2-4;1-4(2)3-5(6)7/h3-4,12-13H,5H2,1-2H3;1-3,7-9H;3H,1-2H3,(H,6,7). The fourth-order valence-electron chi connectivity index (χ4n) is 2.58. The largest absolute Gasteiger partial charge is 0.508 e. The summed E-state index contributed by atoms with van der Waals surface area (Å²) in [5.41, 5.74) is 0.379. The first-order valence-corrected chi connectivity index (χ1v) is 9.08. The van der Waals surface area contributed by atoms with Crippen LogP contribution in [0.25, 0.3) is 0 Å². The molecule has 0 fully saturated rings. The highest BCUT2D eigenvalue weighted by molar-refractivity contribution is 6.03. The van der Waals surface area contributed by atoms with Crippen LogP contribution in [0.2, 0.25) is 0 Å². The molecule has 0 aromatic heterocycles. The number of carboxylic acid groups (broad SMARTS) is 1. The van der Waals surface area contributed by atoms with E-state index in [0.29, 0.717) is 0 Å². The first-order valence-electron chi connectivity index (χ1n) is 9.08. The van der Waals surface area contributed by atoms with E-state index >= 15 is 0 Å². The van der Waals surface area contributed by atoms with E-state index in [1.54, 1.807) is 27.7 Å². The van der Waals surface area contributed by atoms with Gasteiger partial charge in [0.25, 0.3) is 0 Å². The van der Waals surface area contributed by atoms with Gasteiger partial charge in [0.2, 0.25) is 0 Å². The summed E-state index contributed by atoms with van der Waals surface area (Å²) in [6, 6.07) is 5.89. The van der Waals surface area contributed by atoms with Gasteiger partial charge in [-0.2, -0.15) is 0 Å². The Labute approximate surface area is 179 Å². The average molecular weight is 434 g/mol. The molecule has 9 nitrogen and oxygen atoms in total. The number of aromatic hydroxyl groups is 5. The minimum absolute atomic E-state index is 0.114. The number of ketones is 1. The van der Waals surface area contributed by atoms with E-state index in [4.69, 9.17) is 25.2 Å². The molecular formula is C22H26O9. The molecule has 1 aliphatic heterocycles. The second-order valence-corrected chi connectivity index (χ2v) is 7.57. The molecule has 1 aliphatic rings. The predicted molar refractivity (Wildman–Crippen MR) is 112 cm³/mol. The molecule has 0 saturated carbocycles. The van der Waals surface area contributed by atoms with Crippen molar-refractivity contribution in [2.75, 3.05) is 0 Å². The van der Waals surface area contributed by atoms with Gasteiger partial charge < -0.3 is 35.4 Å². The van der Waals surface area contributed by atoms with Crippen LogP contribution in [0.4, 0.5) is 0 Å². The Morgan fingerprint density at radius 2 is 1.35 bits per heavy atom. The third-order valence-corrected chi connectivity index (χ3v) is 3.62. The summed E-state index contributed by atoms with van der Waals surface area (Å²) in [4.78, 5) is 21.4. The Morgan fingerprint density at radius 3 is 1.74 bits per heavy atom. The van der Waals surface area contributed by atoms with Gasteiger partial charge in [-0.25, -0.2) is 4.79 Å². The number of aliphatic carboxylic acids is 1. The molecule has 0 amide bonds. The molecule has 2 aromatic carbocycles. The van der Waals surface area contributed by atoms with Crippen LogP contribution in [0.5, 0.6) is 34.5 Å². The molecule has 2 aromatic rings. The molecule has 6 N–H and O–H groups in total. The number of allylic oxidation sites excluding steroid dienone is 1. The van der Waals surface area contributed by atoms with E-state index in [-0.39, 0.29) is 52.3 Å². The van der Waals surface area contributed by atoms with Crippen LogP contribution in [0, 0.1) is 0 Å². The van der Waals surface area contributed by atoms with Gasteiger partial charge in [-0.1, -0.05) is 5.57 Å². The van der Waals surface area contributed by atoms with Crippen molar-refractivity contribution in [2.24, 2.45) is 0 Å². The zero-order valence-corrected chi connectivity index (χ0v) is 17.6. The van der Waals surface area contributed by atoms with Crippen molar-refractivity contribution in [1.29, 1.82) is 0 Å². The third-order valence-electron chi connectivity index (χ3n) is 3.62. The molecule has 0 radical (unpaired) electrons. The van der Waals surface area contributed by atoms with Crippen LogP contribution >= 0.6 is 0 Å². The lowest BCUT2D eigenvalue weighted by Crippen LogP contribution is -2.35. The summed E-state index contributed by atoms with van der Waals surface area (Å²) < 4.78 is 5.51. The molecule has 3 rings (SSSR count). The summed E-state index contributed by atoms with van der Waals surface area (Å²) in [5.74, 6) is -1.58. The molecule has 9 heteroatoms. The van der Waals surface area contributed by atoms with Crippen LogP contribution in [0.3, 0.4) is 0 Å². The van der Waals surface area contributed by atoms with Gasteiger partial charge in [-0.3, -0.25) is 4.79 Å². The number of phenols is 5. The van der Waals surface area contributed by atoms with Crippen LogP contribution in [0.15, 0.2) is 42.0 Å². The van der Waals surface area contributed by atoms with E-state index in [0.717, 1.165) is 29.8 Å². The van der Waals surface area contributed by atoms with Crippen molar-refractivity contribution in [2.45, 2.75) is 39.7 Å². The van der Waals surface area contributed by atoms with E-state index in [2.05, 4.69) is 0 Å². The number of carbonyl (C=O) groups excluding carboxylic acids is 1. The quantitative estimate of drug-likeness (QED) is 0.367. The van der Waals surface area contributed by atoms with E-state index in [1.807, 2.05) is 0 Å². The van der Waals surface area contributed by atoms with Gasteiger partial charge in [-0.05, 0) is 27.7 Å². The second kappa shape index (κ2) is 10.2. The van der Waals surface area contributed by atoms with Crippen molar-refractivity contribution in [3.8, 4) is 34.5 Å². The molecule has 0 spiro atoms. The zero-order valence-electron chi connectivity index (χ0n) is 17.6. The average Bonchev–Trinajstić information content (AvgIpc) is 2.50. The van der Waals surface area contributed by atoms with Crippen LogP contribution < -0.4 is 4.74 Å². The Bertz CT molecular complexity index is 936. The fraction of sp³-hybridized carbons (Fsp3) is 0.273. The third kappa shape index (κ3) is 8.57. The first-order chi connectivity index (χ1) is 14.2. The number of rotatable bonds is 1. The summed E-state index contributed by atoms with van der Waals surface area (Å²) >= 11 is 0. The Morgan fingerprint density at radius 1 is 0.903 bits per heavy atom. The SMILES string of the molecule is CC(C)=CC(=O)O.CC1(C)CC(=O)c2c(O)cc(O)cc2O1.Oc1cc(O)cc(O)c1. The molecule has 0 bridgehead atoms. The number of benzene rings is 2. The topological polar surface area (TPSA) is 165 Å². The number of carboxylic acids is 1. The van der Waals surface area contributed by atoms with Gasteiger partial charge in [0.15, 0.2) is 5.78 Å². The van der Waals surface area contributed by atoms with Crippen molar-refractivity contribution in [3.05, 3.63) is 47.5 Å². The van der Waals surface area contributed by atoms with E-state index < -0.39 is 11.6 Å². The predicted octanol–water partition coefficient (Wildman–Crippen LogP) is 3.68.